The minimum atomic E-state index is 0.388. The number of ether oxygens (including phenoxy) is 1. The lowest BCUT2D eigenvalue weighted by Gasteiger charge is -2.14. The van der Waals surface area contributed by atoms with E-state index in [-0.39, 0.29) is 0 Å². The van der Waals surface area contributed by atoms with Gasteiger partial charge in [0.25, 0.3) is 0 Å². The summed E-state index contributed by atoms with van der Waals surface area (Å²) in [6, 6.07) is 15.5. The molecule has 2 aromatic heterocycles. The van der Waals surface area contributed by atoms with Crippen LogP contribution in [0.3, 0.4) is 0 Å². The average molecular weight is 479 g/mol. The molecule has 0 saturated carbocycles. The predicted octanol–water partition coefficient (Wildman–Crippen LogP) is 6.17. The molecule has 6 bridgehead atoms. The fraction of sp³-hybridized carbons (Fsp3) is 0.0870. The second kappa shape index (κ2) is 9.43. The number of anilines is 5. The van der Waals surface area contributed by atoms with Crippen molar-refractivity contribution in [1.29, 1.82) is 0 Å². The van der Waals surface area contributed by atoms with Crippen molar-refractivity contribution in [3.05, 3.63) is 78.3 Å². The van der Waals surface area contributed by atoms with E-state index in [0.717, 1.165) is 27.7 Å². The SMILES string of the molecule is C=C(Nc1cc2cc(c1)OCCSc1cccc(c1)Nc1nc(ncc1Cl)N2)c1ccno1. The van der Waals surface area contributed by atoms with Gasteiger partial charge in [-0.05, 0) is 24.3 Å². The van der Waals surface area contributed by atoms with Gasteiger partial charge in [0, 0.05) is 45.9 Å². The van der Waals surface area contributed by atoms with Crippen LogP contribution in [0.2, 0.25) is 5.02 Å². The molecule has 10 heteroatoms. The molecule has 0 fully saturated rings. The molecule has 0 saturated heterocycles. The Morgan fingerprint density at radius 1 is 1.12 bits per heavy atom. The zero-order chi connectivity index (χ0) is 22.6. The minimum absolute atomic E-state index is 0.388. The van der Waals surface area contributed by atoms with E-state index >= 15 is 0 Å². The largest absolute Gasteiger partial charge is 0.493 e. The molecule has 0 atom stereocenters. The van der Waals surface area contributed by atoms with Crippen LogP contribution in [0.5, 0.6) is 5.75 Å². The maximum Gasteiger partial charge on any atom is 0.229 e. The number of aromatic nitrogens is 3. The van der Waals surface area contributed by atoms with E-state index in [0.29, 0.717) is 40.6 Å². The summed E-state index contributed by atoms with van der Waals surface area (Å²) in [7, 11) is 0. The molecule has 0 spiro atoms. The first-order valence-corrected chi connectivity index (χ1v) is 11.4. The summed E-state index contributed by atoms with van der Waals surface area (Å²) in [5.41, 5.74) is 2.95. The van der Waals surface area contributed by atoms with Crippen LogP contribution in [0.15, 0.2) is 76.9 Å². The van der Waals surface area contributed by atoms with Crippen molar-refractivity contribution >= 4 is 57.9 Å². The Bertz CT molecular complexity index is 1300. The monoisotopic (exact) mass is 478 g/mol. The van der Waals surface area contributed by atoms with Gasteiger partial charge in [0.2, 0.25) is 5.95 Å². The van der Waals surface area contributed by atoms with E-state index < -0.39 is 0 Å². The maximum atomic E-state index is 6.34. The number of fused-ring (bicyclic) bond motifs is 6. The maximum absolute atomic E-state index is 6.34. The number of benzene rings is 2. The van der Waals surface area contributed by atoms with Crippen molar-refractivity contribution in [3.8, 4) is 5.75 Å². The molecule has 3 N–H and O–H groups in total. The lowest BCUT2D eigenvalue weighted by atomic mass is 10.2. The molecule has 2 aromatic carbocycles. The average Bonchev–Trinajstić information content (AvgIpc) is 3.34. The highest BCUT2D eigenvalue weighted by Crippen LogP contribution is 2.31. The summed E-state index contributed by atoms with van der Waals surface area (Å²) in [5.74, 6) is 2.91. The molecular weight excluding hydrogens is 460 g/mol. The van der Waals surface area contributed by atoms with Crippen LogP contribution in [-0.2, 0) is 0 Å². The van der Waals surface area contributed by atoms with E-state index in [2.05, 4.69) is 43.7 Å². The minimum Gasteiger partial charge on any atom is -0.493 e. The Balaban J connectivity index is 1.48. The Labute approximate surface area is 199 Å². The van der Waals surface area contributed by atoms with Gasteiger partial charge in [0.05, 0.1) is 24.7 Å². The molecule has 5 rings (SSSR count). The molecule has 0 radical (unpaired) electrons. The molecule has 33 heavy (non-hydrogen) atoms. The molecule has 0 unspecified atom stereocenters. The molecule has 1 aliphatic heterocycles. The first-order chi connectivity index (χ1) is 16.1. The number of nitrogens with one attached hydrogen (secondary N) is 3. The summed E-state index contributed by atoms with van der Waals surface area (Å²) < 4.78 is 11.2. The number of nitrogens with zero attached hydrogens (tertiary/aromatic N) is 3. The summed E-state index contributed by atoms with van der Waals surface area (Å²) in [5, 5.41) is 13.9. The predicted molar refractivity (Wildman–Crippen MR) is 132 cm³/mol. The molecule has 0 aliphatic carbocycles. The zero-order valence-corrected chi connectivity index (χ0v) is 18.9. The Morgan fingerprint density at radius 2 is 2.06 bits per heavy atom. The van der Waals surface area contributed by atoms with E-state index in [1.807, 2.05) is 36.4 Å². The molecule has 4 aromatic rings. The lowest BCUT2D eigenvalue weighted by Crippen LogP contribution is -2.04. The Kier molecular flexibility index (Phi) is 6.05. The summed E-state index contributed by atoms with van der Waals surface area (Å²) >= 11 is 8.05. The van der Waals surface area contributed by atoms with E-state index in [4.69, 9.17) is 20.9 Å². The Hall–Kier alpha value is -3.69. The van der Waals surface area contributed by atoms with Crippen LogP contribution in [0.4, 0.5) is 28.8 Å². The normalized spacial score (nSPS) is 12.9. The van der Waals surface area contributed by atoms with Crippen molar-refractivity contribution in [2.45, 2.75) is 4.90 Å². The smallest absolute Gasteiger partial charge is 0.229 e. The number of hydrogen-bond donors (Lipinski definition) is 3. The van der Waals surface area contributed by atoms with E-state index in [1.54, 1.807) is 30.2 Å². The van der Waals surface area contributed by atoms with Crippen molar-refractivity contribution < 1.29 is 9.26 Å². The van der Waals surface area contributed by atoms with Gasteiger partial charge >= 0.3 is 0 Å². The molecule has 0 amide bonds. The van der Waals surface area contributed by atoms with Gasteiger partial charge in [-0.15, -0.1) is 11.8 Å². The van der Waals surface area contributed by atoms with Crippen molar-refractivity contribution in [3.63, 3.8) is 0 Å². The number of halogens is 1. The number of rotatable bonds is 3. The lowest BCUT2D eigenvalue weighted by molar-refractivity contribution is 0.344. The van der Waals surface area contributed by atoms with Crippen molar-refractivity contribution in [2.75, 3.05) is 28.3 Å². The van der Waals surface area contributed by atoms with Gasteiger partial charge in [-0.2, -0.15) is 4.98 Å². The molecule has 3 heterocycles. The van der Waals surface area contributed by atoms with Crippen LogP contribution in [0.1, 0.15) is 5.76 Å². The van der Waals surface area contributed by atoms with Gasteiger partial charge in [0.15, 0.2) is 11.6 Å². The third kappa shape index (κ3) is 5.21. The van der Waals surface area contributed by atoms with Crippen LogP contribution in [-0.4, -0.2) is 27.5 Å². The zero-order valence-electron chi connectivity index (χ0n) is 17.3. The second-order valence-corrected chi connectivity index (χ2v) is 8.67. The highest BCUT2D eigenvalue weighted by Gasteiger charge is 2.11. The van der Waals surface area contributed by atoms with Crippen LogP contribution < -0.4 is 20.7 Å². The third-order valence-corrected chi connectivity index (χ3v) is 5.89. The third-order valence-electron chi connectivity index (χ3n) is 4.65. The van der Waals surface area contributed by atoms with Crippen LogP contribution in [0, 0.1) is 0 Å². The molecule has 8 nitrogen and oxygen atoms in total. The fourth-order valence-corrected chi connectivity index (χ4v) is 4.12. The van der Waals surface area contributed by atoms with Crippen molar-refractivity contribution in [1.82, 2.24) is 15.1 Å². The number of hydrogen-bond acceptors (Lipinski definition) is 9. The van der Waals surface area contributed by atoms with Crippen LogP contribution in [0.25, 0.3) is 5.70 Å². The second-order valence-electron chi connectivity index (χ2n) is 7.09. The quantitative estimate of drug-likeness (QED) is 0.319. The Morgan fingerprint density at radius 3 is 2.94 bits per heavy atom. The highest BCUT2D eigenvalue weighted by atomic mass is 35.5. The van der Waals surface area contributed by atoms with E-state index in [1.165, 1.54) is 0 Å². The van der Waals surface area contributed by atoms with Crippen LogP contribution >= 0.6 is 23.4 Å². The molecule has 166 valence electrons. The highest BCUT2D eigenvalue weighted by molar-refractivity contribution is 7.99. The van der Waals surface area contributed by atoms with E-state index in [9.17, 15) is 0 Å². The van der Waals surface area contributed by atoms with Gasteiger partial charge in [-0.1, -0.05) is 29.4 Å². The standard InChI is InChI=1S/C23H19ClN6O2S/c1-14(21-5-6-26-32-21)27-16-9-17-11-18(10-16)31-7-8-33-19-4-2-3-15(12-19)28-22-20(24)13-25-23(29-17)30-22/h2-6,9-13,27H,1,7-8H2,(H2,25,28,29,30). The molecular formula is C23H19ClN6O2S. The first-order valence-electron chi connectivity index (χ1n) is 10.1. The first kappa shape index (κ1) is 21.2. The summed E-state index contributed by atoms with van der Waals surface area (Å²) in [4.78, 5) is 9.97. The summed E-state index contributed by atoms with van der Waals surface area (Å²) in [6.07, 6.45) is 3.12. The van der Waals surface area contributed by atoms with Gasteiger partial charge in [-0.3, -0.25) is 0 Å². The van der Waals surface area contributed by atoms with Crippen molar-refractivity contribution in [2.24, 2.45) is 0 Å². The fourth-order valence-electron chi connectivity index (χ4n) is 3.20. The van der Waals surface area contributed by atoms with Gasteiger partial charge in [-0.25, -0.2) is 4.98 Å². The molecule has 1 aliphatic rings. The topological polar surface area (TPSA) is 97.1 Å². The number of thioether (sulfide) groups is 1. The van der Waals surface area contributed by atoms with Gasteiger partial charge < -0.3 is 25.2 Å². The summed E-state index contributed by atoms with van der Waals surface area (Å²) in [6.45, 7) is 4.55. The van der Waals surface area contributed by atoms with Gasteiger partial charge in [0.1, 0.15) is 10.8 Å².